The number of nitrogens with zero attached hydrogens (tertiary/aromatic N) is 3. The number of aliphatic imine (C=N–C) groups is 2. The van der Waals surface area contributed by atoms with E-state index < -0.39 is 0 Å². The first kappa shape index (κ1) is 7.77. The quantitative estimate of drug-likeness (QED) is 0.529. The Bertz CT molecular complexity index is 232. The lowest BCUT2D eigenvalue weighted by Gasteiger charge is -2.36. The van der Waals surface area contributed by atoms with Gasteiger partial charge in [-0.15, -0.1) is 0 Å². The van der Waals surface area contributed by atoms with Gasteiger partial charge < -0.3 is 4.90 Å². The Kier molecular flexibility index (Phi) is 1.87. The number of rotatable bonds is 0. The second-order valence-electron chi connectivity index (χ2n) is 3.66. The van der Waals surface area contributed by atoms with E-state index in [0.717, 1.165) is 6.54 Å². The van der Waals surface area contributed by atoms with Gasteiger partial charge in [-0.2, -0.15) is 0 Å². The Morgan fingerprint density at radius 3 is 3.17 bits per heavy atom. The van der Waals surface area contributed by atoms with E-state index in [1.807, 2.05) is 0 Å². The minimum atomic E-state index is 0.431. The van der Waals surface area contributed by atoms with Gasteiger partial charge in [-0.1, -0.05) is 0 Å². The van der Waals surface area contributed by atoms with Crippen LogP contribution in [0, 0.1) is 5.92 Å². The maximum atomic E-state index is 4.33. The van der Waals surface area contributed by atoms with Crippen LogP contribution in [0.25, 0.3) is 0 Å². The second kappa shape index (κ2) is 2.88. The number of piperidine rings is 1. The highest BCUT2D eigenvalue weighted by Gasteiger charge is 2.29. The smallest absolute Gasteiger partial charge is 0.112 e. The van der Waals surface area contributed by atoms with Crippen molar-refractivity contribution in [1.82, 2.24) is 4.90 Å². The molecule has 0 radical (unpaired) electrons. The molecular weight excluding hydrogens is 150 g/mol. The van der Waals surface area contributed by atoms with E-state index in [0.29, 0.717) is 12.0 Å². The Morgan fingerprint density at radius 1 is 1.58 bits per heavy atom. The first-order valence-electron chi connectivity index (χ1n) is 4.59. The van der Waals surface area contributed by atoms with Crippen molar-refractivity contribution in [2.45, 2.75) is 25.8 Å². The minimum Gasteiger partial charge on any atom is -0.363 e. The molecule has 1 saturated heterocycles. The summed E-state index contributed by atoms with van der Waals surface area (Å²) in [5.74, 6) is 1.82. The zero-order valence-electron chi connectivity index (χ0n) is 7.70. The predicted molar refractivity (Wildman–Crippen MR) is 50.7 cm³/mol. The number of fused-ring (bicyclic) bond motifs is 1. The van der Waals surface area contributed by atoms with E-state index in [9.17, 15) is 0 Å². The van der Waals surface area contributed by atoms with Crippen LogP contribution in [0.4, 0.5) is 0 Å². The predicted octanol–water partition coefficient (Wildman–Crippen LogP) is 1.16. The average molecular weight is 165 g/mol. The summed E-state index contributed by atoms with van der Waals surface area (Å²) in [5, 5.41) is 0. The lowest BCUT2D eigenvalue weighted by Crippen LogP contribution is -2.43. The Morgan fingerprint density at radius 2 is 2.42 bits per heavy atom. The third-order valence-electron chi connectivity index (χ3n) is 2.81. The van der Waals surface area contributed by atoms with Gasteiger partial charge in [0, 0.05) is 19.5 Å². The zero-order valence-corrected chi connectivity index (χ0v) is 7.70. The molecule has 2 unspecified atom stereocenters. The summed E-state index contributed by atoms with van der Waals surface area (Å²) in [4.78, 5) is 10.9. The summed E-state index contributed by atoms with van der Waals surface area (Å²) in [6.45, 7) is 3.32. The molecule has 2 aliphatic heterocycles. The van der Waals surface area contributed by atoms with Crippen molar-refractivity contribution >= 4 is 12.2 Å². The van der Waals surface area contributed by atoms with E-state index in [1.54, 1.807) is 6.34 Å². The second-order valence-corrected chi connectivity index (χ2v) is 3.66. The lowest BCUT2D eigenvalue weighted by atomic mass is 9.90. The van der Waals surface area contributed by atoms with Crippen LogP contribution in [0.2, 0.25) is 0 Å². The van der Waals surface area contributed by atoms with Crippen molar-refractivity contribution in [3.63, 3.8) is 0 Å². The van der Waals surface area contributed by atoms with E-state index in [1.165, 1.54) is 18.7 Å². The standard InChI is InChI=1S/C9H15N3/c1-7-8-4-3-5-12(2)9(8)11-6-10-7/h6-8H,3-5H2,1-2H3. The molecule has 3 heteroatoms. The van der Waals surface area contributed by atoms with Crippen LogP contribution in [0.15, 0.2) is 9.98 Å². The molecular formula is C9H15N3. The molecule has 2 rings (SSSR count). The highest BCUT2D eigenvalue weighted by molar-refractivity contribution is 5.93. The van der Waals surface area contributed by atoms with Crippen molar-refractivity contribution < 1.29 is 0 Å². The van der Waals surface area contributed by atoms with Crippen LogP contribution < -0.4 is 0 Å². The topological polar surface area (TPSA) is 28.0 Å². The van der Waals surface area contributed by atoms with E-state index in [4.69, 9.17) is 0 Å². The summed E-state index contributed by atoms with van der Waals surface area (Å²) in [7, 11) is 2.12. The van der Waals surface area contributed by atoms with Crippen LogP contribution in [-0.2, 0) is 0 Å². The lowest BCUT2D eigenvalue weighted by molar-refractivity contribution is 0.350. The van der Waals surface area contributed by atoms with E-state index in [-0.39, 0.29) is 0 Å². The van der Waals surface area contributed by atoms with Gasteiger partial charge in [0.1, 0.15) is 12.2 Å². The molecule has 0 aromatic rings. The zero-order chi connectivity index (χ0) is 8.55. The van der Waals surface area contributed by atoms with Gasteiger partial charge in [-0.3, -0.25) is 4.99 Å². The van der Waals surface area contributed by atoms with Gasteiger partial charge >= 0.3 is 0 Å². The fraction of sp³-hybridized carbons (Fsp3) is 0.778. The van der Waals surface area contributed by atoms with Crippen LogP contribution in [0.3, 0.4) is 0 Å². The van der Waals surface area contributed by atoms with Crippen molar-refractivity contribution in [3.8, 4) is 0 Å². The van der Waals surface area contributed by atoms with E-state index in [2.05, 4.69) is 28.9 Å². The molecule has 0 N–H and O–H groups in total. The number of hydrogen-bond donors (Lipinski definition) is 0. The van der Waals surface area contributed by atoms with Crippen molar-refractivity contribution in [3.05, 3.63) is 0 Å². The molecule has 0 aliphatic carbocycles. The normalized spacial score (nSPS) is 34.5. The highest BCUT2D eigenvalue weighted by Crippen LogP contribution is 2.24. The first-order chi connectivity index (χ1) is 5.79. The van der Waals surface area contributed by atoms with Gasteiger partial charge in [-0.05, 0) is 19.8 Å². The molecule has 0 aromatic carbocycles. The maximum absolute atomic E-state index is 4.33. The number of hydrogen-bond acceptors (Lipinski definition) is 3. The molecule has 0 spiro atoms. The van der Waals surface area contributed by atoms with E-state index >= 15 is 0 Å². The van der Waals surface area contributed by atoms with Gasteiger partial charge in [-0.25, -0.2) is 4.99 Å². The molecule has 2 heterocycles. The molecule has 2 atom stereocenters. The van der Waals surface area contributed by atoms with Gasteiger partial charge in [0.05, 0.1) is 6.04 Å². The monoisotopic (exact) mass is 165 g/mol. The van der Waals surface area contributed by atoms with Crippen LogP contribution >= 0.6 is 0 Å². The van der Waals surface area contributed by atoms with Gasteiger partial charge in [0.15, 0.2) is 0 Å². The van der Waals surface area contributed by atoms with Crippen LogP contribution in [-0.4, -0.2) is 36.7 Å². The number of amidine groups is 1. The third kappa shape index (κ3) is 1.13. The summed E-state index contributed by atoms with van der Waals surface area (Å²) < 4.78 is 0. The van der Waals surface area contributed by atoms with Crippen molar-refractivity contribution in [2.24, 2.45) is 15.9 Å². The molecule has 12 heavy (non-hydrogen) atoms. The largest absolute Gasteiger partial charge is 0.363 e. The molecule has 0 bridgehead atoms. The summed E-state index contributed by atoms with van der Waals surface area (Å²) in [6.07, 6.45) is 4.24. The summed E-state index contributed by atoms with van der Waals surface area (Å²) in [5.41, 5.74) is 0. The Labute approximate surface area is 73.2 Å². The van der Waals surface area contributed by atoms with Gasteiger partial charge in [0.2, 0.25) is 0 Å². The molecule has 0 saturated carbocycles. The minimum absolute atomic E-state index is 0.431. The Balaban J connectivity index is 2.24. The molecule has 66 valence electrons. The molecule has 1 fully saturated rings. The molecule has 0 aromatic heterocycles. The SMILES string of the molecule is CC1N=CN=C2C1CCCN2C. The fourth-order valence-corrected chi connectivity index (χ4v) is 2.03. The fourth-order valence-electron chi connectivity index (χ4n) is 2.03. The highest BCUT2D eigenvalue weighted by atomic mass is 15.2. The van der Waals surface area contributed by atoms with Crippen LogP contribution in [0.5, 0.6) is 0 Å². The molecule has 3 nitrogen and oxygen atoms in total. The third-order valence-corrected chi connectivity index (χ3v) is 2.81. The summed E-state index contributed by atoms with van der Waals surface area (Å²) in [6, 6.07) is 0.431. The Hall–Kier alpha value is -0.860. The average Bonchev–Trinajstić information content (AvgIpc) is 2.07. The van der Waals surface area contributed by atoms with Crippen molar-refractivity contribution in [2.75, 3.05) is 13.6 Å². The summed E-state index contributed by atoms with van der Waals surface area (Å²) >= 11 is 0. The first-order valence-corrected chi connectivity index (χ1v) is 4.59. The van der Waals surface area contributed by atoms with Crippen LogP contribution in [0.1, 0.15) is 19.8 Å². The molecule has 0 amide bonds. The maximum Gasteiger partial charge on any atom is 0.112 e. The number of likely N-dealkylation sites (tertiary alicyclic amines) is 1. The molecule has 2 aliphatic rings. The van der Waals surface area contributed by atoms with Gasteiger partial charge in [0.25, 0.3) is 0 Å². The van der Waals surface area contributed by atoms with Crippen molar-refractivity contribution in [1.29, 1.82) is 0 Å².